The van der Waals surface area contributed by atoms with Crippen LogP contribution in [0.2, 0.25) is 0 Å². The summed E-state index contributed by atoms with van der Waals surface area (Å²) >= 11 is 0. The van der Waals surface area contributed by atoms with Crippen molar-refractivity contribution in [2.45, 2.75) is 51.9 Å². The predicted molar refractivity (Wildman–Crippen MR) is 102 cm³/mol. The van der Waals surface area contributed by atoms with Crippen molar-refractivity contribution in [3.8, 4) is 0 Å². The van der Waals surface area contributed by atoms with Crippen LogP contribution in [0.15, 0.2) is 42.5 Å². The summed E-state index contributed by atoms with van der Waals surface area (Å²) in [5.41, 5.74) is 2.32. The Bertz CT molecular complexity index is 750. The number of hydrogen-bond acceptors (Lipinski definition) is 2. The number of aryl methyl sites for hydroxylation is 1. The van der Waals surface area contributed by atoms with Crippen molar-refractivity contribution in [2.24, 2.45) is 0 Å². The van der Waals surface area contributed by atoms with E-state index in [0.29, 0.717) is 12.0 Å². The van der Waals surface area contributed by atoms with Gasteiger partial charge in [-0.3, -0.25) is 0 Å². The molecule has 0 saturated heterocycles. The first-order valence-electron chi connectivity index (χ1n) is 9.19. The van der Waals surface area contributed by atoms with Crippen molar-refractivity contribution in [1.29, 1.82) is 0 Å². The molecule has 0 aromatic heterocycles. The van der Waals surface area contributed by atoms with Gasteiger partial charge in [-0.15, -0.1) is 0 Å². The molecule has 0 spiro atoms. The number of hydrogen-bond donors (Lipinski definition) is 2. The molecule has 0 heterocycles. The number of carboxylic acid groups (broad SMARTS) is 2. The highest BCUT2D eigenvalue weighted by Gasteiger charge is 2.22. The van der Waals surface area contributed by atoms with Crippen LogP contribution in [0.1, 0.15) is 76.4 Å². The van der Waals surface area contributed by atoms with E-state index in [-0.39, 0.29) is 11.1 Å². The van der Waals surface area contributed by atoms with Gasteiger partial charge in [0, 0.05) is 0 Å². The fraction of sp³-hybridized carbons (Fsp3) is 0.364. The zero-order valence-corrected chi connectivity index (χ0v) is 15.2. The Labute approximate surface area is 154 Å². The molecule has 2 N–H and O–H groups in total. The molecule has 0 aliphatic heterocycles. The molecule has 0 unspecified atom stereocenters. The number of unbranched alkanes of at least 4 members (excludes halogenated alkanes) is 4. The molecule has 0 aliphatic rings. The predicted octanol–water partition coefficient (Wildman–Crippen LogP) is 5.19. The van der Waals surface area contributed by atoms with Crippen molar-refractivity contribution in [3.05, 3.63) is 70.3 Å². The molecule has 26 heavy (non-hydrogen) atoms. The molecule has 0 fully saturated rings. The molecular formula is C22H26O4. The standard InChI is InChI=1S/C22H26O4/c1-2-3-4-5-9-12-17-13-14-18(21(23)24)20(22(25)26)19(17)15-16-10-7-6-8-11-16/h6-8,10-11,13-14H,2-5,9,12,15H2,1H3,(H,23,24)(H,25,26). The van der Waals surface area contributed by atoms with Crippen molar-refractivity contribution in [3.63, 3.8) is 0 Å². The molecule has 0 saturated carbocycles. The summed E-state index contributed by atoms with van der Waals surface area (Å²) in [4.78, 5) is 23.4. The maximum atomic E-state index is 11.8. The molecule has 2 rings (SSSR count). The van der Waals surface area contributed by atoms with Gasteiger partial charge in [0.05, 0.1) is 11.1 Å². The van der Waals surface area contributed by atoms with Crippen LogP contribution in [0, 0.1) is 0 Å². The van der Waals surface area contributed by atoms with Crippen molar-refractivity contribution < 1.29 is 19.8 Å². The molecule has 0 bridgehead atoms. The zero-order valence-electron chi connectivity index (χ0n) is 15.2. The van der Waals surface area contributed by atoms with Crippen LogP contribution >= 0.6 is 0 Å². The summed E-state index contributed by atoms with van der Waals surface area (Å²) in [6, 6.07) is 12.8. The molecule has 0 radical (unpaired) electrons. The molecule has 0 atom stereocenters. The van der Waals surface area contributed by atoms with Crippen LogP contribution < -0.4 is 0 Å². The van der Waals surface area contributed by atoms with Crippen LogP contribution in [0.25, 0.3) is 0 Å². The van der Waals surface area contributed by atoms with Gasteiger partial charge in [-0.1, -0.05) is 69.0 Å². The van der Waals surface area contributed by atoms with Gasteiger partial charge in [0.2, 0.25) is 0 Å². The third kappa shape index (κ3) is 5.19. The van der Waals surface area contributed by atoms with E-state index >= 15 is 0 Å². The number of rotatable bonds is 10. The molecule has 0 amide bonds. The Hall–Kier alpha value is -2.62. The lowest BCUT2D eigenvalue weighted by Crippen LogP contribution is -2.14. The quantitative estimate of drug-likeness (QED) is 0.576. The number of benzene rings is 2. The van der Waals surface area contributed by atoms with Gasteiger partial charge < -0.3 is 10.2 Å². The molecular weight excluding hydrogens is 328 g/mol. The normalized spacial score (nSPS) is 10.7. The second-order valence-electron chi connectivity index (χ2n) is 6.56. The van der Waals surface area contributed by atoms with E-state index in [2.05, 4.69) is 6.92 Å². The number of aromatic carboxylic acids is 2. The van der Waals surface area contributed by atoms with E-state index < -0.39 is 11.9 Å². The van der Waals surface area contributed by atoms with Gasteiger partial charge in [-0.2, -0.15) is 0 Å². The monoisotopic (exact) mass is 354 g/mol. The third-order valence-corrected chi connectivity index (χ3v) is 4.63. The maximum absolute atomic E-state index is 11.8. The average molecular weight is 354 g/mol. The van der Waals surface area contributed by atoms with Crippen molar-refractivity contribution >= 4 is 11.9 Å². The Morgan fingerprint density at radius 1 is 0.846 bits per heavy atom. The van der Waals surface area contributed by atoms with Gasteiger partial charge in [-0.05, 0) is 42.0 Å². The van der Waals surface area contributed by atoms with Crippen LogP contribution in [-0.2, 0) is 12.8 Å². The van der Waals surface area contributed by atoms with Crippen LogP contribution in [-0.4, -0.2) is 22.2 Å². The number of carboxylic acids is 2. The minimum absolute atomic E-state index is 0.0765. The Morgan fingerprint density at radius 3 is 2.15 bits per heavy atom. The fourth-order valence-electron chi connectivity index (χ4n) is 3.27. The van der Waals surface area contributed by atoms with E-state index in [9.17, 15) is 19.8 Å². The summed E-state index contributed by atoms with van der Waals surface area (Å²) in [7, 11) is 0. The lowest BCUT2D eigenvalue weighted by Gasteiger charge is -2.15. The highest BCUT2D eigenvalue weighted by atomic mass is 16.4. The third-order valence-electron chi connectivity index (χ3n) is 4.63. The van der Waals surface area contributed by atoms with Gasteiger partial charge in [0.1, 0.15) is 0 Å². The van der Waals surface area contributed by atoms with Crippen LogP contribution in [0.4, 0.5) is 0 Å². The van der Waals surface area contributed by atoms with Crippen LogP contribution in [0.5, 0.6) is 0 Å². The Morgan fingerprint density at radius 2 is 1.54 bits per heavy atom. The van der Waals surface area contributed by atoms with E-state index in [4.69, 9.17) is 0 Å². The van der Waals surface area contributed by atoms with Gasteiger partial charge in [0.25, 0.3) is 0 Å². The smallest absolute Gasteiger partial charge is 0.336 e. The summed E-state index contributed by atoms with van der Waals surface area (Å²) < 4.78 is 0. The van der Waals surface area contributed by atoms with E-state index in [0.717, 1.165) is 30.4 Å². The lowest BCUT2D eigenvalue weighted by molar-refractivity contribution is 0.0650. The summed E-state index contributed by atoms with van der Waals surface area (Å²) in [6.45, 7) is 2.17. The van der Waals surface area contributed by atoms with Gasteiger partial charge in [0.15, 0.2) is 0 Å². The molecule has 2 aromatic carbocycles. The van der Waals surface area contributed by atoms with E-state index in [1.165, 1.54) is 25.3 Å². The Balaban J connectivity index is 2.37. The van der Waals surface area contributed by atoms with Gasteiger partial charge in [-0.25, -0.2) is 9.59 Å². The van der Waals surface area contributed by atoms with Crippen molar-refractivity contribution in [1.82, 2.24) is 0 Å². The van der Waals surface area contributed by atoms with E-state index in [1.54, 1.807) is 6.07 Å². The molecule has 0 aliphatic carbocycles. The first-order valence-corrected chi connectivity index (χ1v) is 9.19. The molecule has 4 nitrogen and oxygen atoms in total. The second kappa shape index (κ2) is 9.76. The fourth-order valence-corrected chi connectivity index (χ4v) is 3.27. The second-order valence-corrected chi connectivity index (χ2v) is 6.56. The van der Waals surface area contributed by atoms with Crippen LogP contribution in [0.3, 0.4) is 0 Å². The average Bonchev–Trinajstić information content (AvgIpc) is 2.62. The Kier molecular flexibility index (Phi) is 7.39. The summed E-state index contributed by atoms with van der Waals surface area (Å²) in [6.07, 6.45) is 6.82. The molecule has 138 valence electrons. The largest absolute Gasteiger partial charge is 0.478 e. The zero-order chi connectivity index (χ0) is 18.9. The highest BCUT2D eigenvalue weighted by molar-refractivity contribution is 6.03. The number of carbonyl (C=O) groups is 2. The SMILES string of the molecule is CCCCCCCc1ccc(C(=O)O)c(C(=O)O)c1Cc1ccccc1. The topological polar surface area (TPSA) is 74.6 Å². The van der Waals surface area contributed by atoms with Gasteiger partial charge >= 0.3 is 11.9 Å². The minimum atomic E-state index is -1.20. The minimum Gasteiger partial charge on any atom is -0.478 e. The first-order chi connectivity index (χ1) is 12.5. The summed E-state index contributed by atoms with van der Waals surface area (Å²) in [5, 5.41) is 19.1. The highest BCUT2D eigenvalue weighted by Crippen LogP contribution is 2.25. The summed E-state index contributed by atoms with van der Waals surface area (Å²) in [5.74, 6) is -2.38. The van der Waals surface area contributed by atoms with E-state index in [1.807, 2.05) is 30.3 Å². The molecule has 2 aromatic rings. The first kappa shape index (κ1) is 19.7. The molecule has 4 heteroatoms. The maximum Gasteiger partial charge on any atom is 0.336 e. The van der Waals surface area contributed by atoms with Crippen molar-refractivity contribution in [2.75, 3.05) is 0 Å². The lowest BCUT2D eigenvalue weighted by atomic mass is 9.89.